The second-order valence-corrected chi connectivity index (χ2v) is 4.56. The SMILES string of the molecule is COc1cc(C(=O)NCC(N)C2CC2)ccc1F.Cl. The Hall–Kier alpha value is -1.33. The number of carbonyl (C=O) groups excluding carboxylic acids is 1. The minimum atomic E-state index is -0.483. The highest BCUT2D eigenvalue weighted by molar-refractivity contribution is 5.94. The number of methoxy groups -OCH3 is 1. The number of nitrogens with two attached hydrogens (primary N) is 1. The van der Waals surface area contributed by atoms with Gasteiger partial charge < -0.3 is 15.8 Å². The Morgan fingerprint density at radius 2 is 2.26 bits per heavy atom. The summed E-state index contributed by atoms with van der Waals surface area (Å²) >= 11 is 0. The zero-order valence-corrected chi connectivity index (χ0v) is 11.5. The van der Waals surface area contributed by atoms with Gasteiger partial charge in [0.25, 0.3) is 5.91 Å². The third kappa shape index (κ3) is 4.08. The summed E-state index contributed by atoms with van der Waals surface area (Å²) in [6.07, 6.45) is 2.28. The molecule has 0 spiro atoms. The molecule has 4 nitrogen and oxygen atoms in total. The highest BCUT2D eigenvalue weighted by Crippen LogP contribution is 2.31. The molecule has 1 saturated carbocycles. The van der Waals surface area contributed by atoms with Gasteiger partial charge in [0.1, 0.15) is 0 Å². The quantitative estimate of drug-likeness (QED) is 0.867. The Kier molecular flexibility index (Phi) is 5.57. The molecule has 1 unspecified atom stereocenters. The maximum absolute atomic E-state index is 13.2. The van der Waals surface area contributed by atoms with Gasteiger partial charge in [-0.25, -0.2) is 4.39 Å². The van der Waals surface area contributed by atoms with Gasteiger partial charge in [-0.3, -0.25) is 4.79 Å². The molecule has 0 saturated heterocycles. The molecule has 0 heterocycles. The summed E-state index contributed by atoms with van der Waals surface area (Å²) in [5.74, 6) is -0.143. The summed E-state index contributed by atoms with van der Waals surface area (Å²) in [7, 11) is 1.36. The van der Waals surface area contributed by atoms with Crippen LogP contribution in [-0.2, 0) is 0 Å². The van der Waals surface area contributed by atoms with Gasteiger partial charge >= 0.3 is 0 Å². The van der Waals surface area contributed by atoms with E-state index in [0.29, 0.717) is 18.0 Å². The van der Waals surface area contributed by atoms with Gasteiger partial charge in [0.2, 0.25) is 0 Å². The van der Waals surface area contributed by atoms with Crippen molar-refractivity contribution in [3.05, 3.63) is 29.6 Å². The highest BCUT2D eigenvalue weighted by Gasteiger charge is 2.28. The molecule has 1 aliphatic carbocycles. The van der Waals surface area contributed by atoms with E-state index in [4.69, 9.17) is 10.5 Å². The van der Waals surface area contributed by atoms with Crippen molar-refractivity contribution in [2.24, 2.45) is 11.7 Å². The van der Waals surface area contributed by atoms with Gasteiger partial charge in [0, 0.05) is 18.2 Å². The van der Waals surface area contributed by atoms with Crippen LogP contribution in [0.5, 0.6) is 5.75 Å². The Morgan fingerprint density at radius 3 is 2.84 bits per heavy atom. The predicted molar refractivity (Wildman–Crippen MR) is 73.2 cm³/mol. The van der Waals surface area contributed by atoms with Gasteiger partial charge in [-0.1, -0.05) is 0 Å². The fourth-order valence-electron chi connectivity index (χ4n) is 1.80. The number of rotatable bonds is 5. The van der Waals surface area contributed by atoms with Crippen LogP contribution in [0.15, 0.2) is 18.2 Å². The summed E-state index contributed by atoms with van der Waals surface area (Å²) in [5.41, 5.74) is 6.26. The summed E-state index contributed by atoms with van der Waals surface area (Å²) < 4.78 is 18.0. The number of nitrogens with one attached hydrogen (secondary N) is 1. The highest BCUT2D eigenvalue weighted by atomic mass is 35.5. The fraction of sp³-hybridized carbons (Fsp3) is 0.462. The molecule has 1 amide bonds. The van der Waals surface area contributed by atoms with Gasteiger partial charge in [-0.15, -0.1) is 12.4 Å². The minimum absolute atomic E-state index is 0. The van der Waals surface area contributed by atoms with Crippen LogP contribution in [0.1, 0.15) is 23.2 Å². The van der Waals surface area contributed by atoms with E-state index in [0.717, 1.165) is 12.8 Å². The number of halogens is 2. The fourth-order valence-corrected chi connectivity index (χ4v) is 1.80. The van der Waals surface area contributed by atoms with Crippen LogP contribution in [0, 0.1) is 11.7 Å². The molecule has 1 aromatic rings. The maximum atomic E-state index is 13.2. The number of hydrogen-bond donors (Lipinski definition) is 2. The van der Waals surface area contributed by atoms with Crippen LogP contribution in [0.2, 0.25) is 0 Å². The molecule has 6 heteroatoms. The molecule has 106 valence electrons. The molecule has 1 fully saturated rings. The Morgan fingerprint density at radius 1 is 1.58 bits per heavy atom. The summed E-state index contributed by atoms with van der Waals surface area (Å²) in [6.45, 7) is 0.448. The van der Waals surface area contributed by atoms with Gasteiger partial charge in [0.15, 0.2) is 11.6 Å². The van der Waals surface area contributed by atoms with Crippen LogP contribution in [0.3, 0.4) is 0 Å². The van der Waals surface area contributed by atoms with Crippen LogP contribution in [-0.4, -0.2) is 25.6 Å². The lowest BCUT2D eigenvalue weighted by Gasteiger charge is -2.12. The van der Waals surface area contributed by atoms with Crippen molar-refractivity contribution in [2.75, 3.05) is 13.7 Å². The first-order valence-electron chi connectivity index (χ1n) is 5.99. The van der Waals surface area contributed by atoms with Crippen molar-refractivity contribution in [1.29, 1.82) is 0 Å². The topological polar surface area (TPSA) is 64.3 Å². The lowest BCUT2D eigenvalue weighted by Crippen LogP contribution is -2.38. The number of benzene rings is 1. The lowest BCUT2D eigenvalue weighted by atomic mass is 10.1. The van der Waals surface area contributed by atoms with Crippen molar-refractivity contribution in [2.45, 2.75) is 18.9 Å². The number of hydrogen-bond acceptors (Lipinski definition) is 3. The maximum Gasteiger partial charge on any atom is 0.251 e. The third-order valence-corrected chi connectivity index (χ3v) is 3.14. The Bertz CT molecular complexity index is 452. The third-order valence-electron chi connectivity index (χ3n) is 3.14. The number of amides is 1. The van der Waals surface area contributed by atoms with Crippen molar-refractivity contribution in [1.82, 2.24) is 5.32 Å². The predicted octanol–water partition coefficient (Wildman–Crippen LogP) is 1.72. The van der Waals surface area contributed by atoms with E-state index in [1.54, 1.807) is 0 Å². The standard InChI is InChI=1S/C13H17FN2O2.ClH/c1-18-12-6-9(4-5-10(12)14)13(17)16-7-11(15)8-2-3-8;/h4-6,8,11H,2-3,7,15H2,1H3,(H,16,17);1H. The summed E-state index contributed by atoms with van der Waals surface area (Å²) in [4.78, 5) is 11.8. The second-order valence-electron chi connectivity index (χ2n) is 4.56. The summed E-state index contributed by atoms with van der Waals surface area (Å²) in [5, 5.41) is 2.75. The largest absolute Gasteiger partial charge is 0.494 e. The molecule has 1 atom stereocenters. The molecule has 3 N–H and O–H groups in total. The van der Waals surface area contributed by atoms with Gasteiger partial charge in [-0.05, 0) is 37.0 Å². The first kappa shape index (κ1) is 15.7. The first-order valence-corrected chi connectivity index (χ1v) is 5.99. The minimum Gasteiger partial charge on any atom is -0.494 e. The molecule has 0 aliphatic heterocycles. The molecule has 19 heavy (non-hydrogen) atoms. The molecule has 1 aliphatic rings. The van der Waals surface area contributed by atoms with Crippen molar-refractivity contribution in [3.63, 3.8) is 0 Å². The van der Waals surface area contributed by atoms with Crippen molar-refractivity contribution >= 4 is 18.3 Å². The van der Waals surface area contributed by atoms with Gasteiger partial charge in [-0.2, -0.15) is 0 Å². The Balaban J connectivity index is 0.00000180. The zero-order valence-electron chi connectivity index (χ0n) is 10.7. The van der Waals surface area contributed by atoms with E-state index in [1.807, 2.05) is 0 Å². The van der Waals surface area contributed by atoms with Crippen LogP contribution in [0.4, 0.5) is 4.39 Å². The van der Waals surface area contributed by atoms with E-state index >= 15 is 0 Å². The molecule has 0 radical (unpaired) electrons. The van der Waals surface area contributed by atoms with E-state index in [9.17, 15) is 9.18 Å². The Labute approximate surface area is 117 Å². The van der Waals surface area contributed by atoms with Crippen LogP contribution in [0.25, 0.3) is 0 Å². The number of carbonyl (C=O) groups is 1. The zero-order chi connectivity index (χ0) is 13.1. The van der Waals surface area contributed by atoms with E-state index in [2.05, 4.69) is 5.32 Å². The smallest absolute Gasteiger partial charge is 0.251 e. The van der Waals surface area contributed by atoms with Crippen LogP contribution < -0.4 is 15.8 Å². The first-order chi connectivity index (χ1) is 8.61. The normalized spacial score (nSPS) is 15.3. The molecular formula is C13H18ClFN2O2. The summed E-state index contributed by atoms with van der Waals surface area (Å²) in [6, 6.07) is 4.04. The monoisotopic (exact) mass is 288 g/mol. The van der Waals surface area contributed by atoms with Gasteiger partial charge in [0.05, 0.1) is 7.11 Å². The van der Waals surface area contributed by atoms with E-state index in [1.165, 1.54) is 25.3 Å². The number of ether oxygens (including phenoxy) is 1. The molecule has 1 aromatic carbocycles. The van der Waals surface area contributed by atoms with Crippen molar-refractivity contribution < 1.29 is 13.9 Å². The molecular weight excluding hydrogens is 271 g/mol. The van der Waals surface area contributed by atoms with E-state index < -0.39 is 5.82 Å². The second kappa shape index (κ2) is 6.73. The molecule has 0 bridgehead atoms. The van der Waals surface area contributed by atoms with Crippen LogP contribution >= 0.6 is 12.4 Å². The average molecular weight is 289 g/mol. The van der Waals surface area contributed by atoms with Crippen molar-refractivity contribution in [3.8, 4) is 5.75 Å². The lowest BCUT2D eigenvalue weighted by molar-refractivity contribution is 0.0950. The van der Waals surface area contributed by atoms with E-state index in [-0.39, 0.29) is 30.1 Å². The average Bonchev–Trinajstić information content (AvgIpc) is 3.20. The molecule has 0 aromatic heterocycles. The molecule has 2 rings (SSSR count).